The van der Waals surface area contributed by atoms with Gasteiger partial charge in [0.1, 0.15) is 11.3 Å². The molecule has 1 aliphatic heterocycles. The highest BCUT2D eigenvalue weighted by molar-refractivity contribution is 5.87. The van der Waals surface area contributed by atoms with E-state index < -0.39 is 52.7 Å². The molecule has 1 saturated heterocycles. The number of carboxylic acid groups (broad SMARTS) is 3. The topological polar surface area (TPSA) is 158 Å². The fraction of sp³-hybridized carbons (Fsp3) is 0.667. The van der Waals surface area contributed by atoms with Gasteiger partial charge in [-0.25, -0.2) is 14.4 Å². The van der Waals surface area contributed by atoms with Crippen molar-refractivity contribution in [2.45, 2.75) is 106 Å². The lowest BCUT2D eigenvalue weighted by Gasteiger charge is -2.55. The van der Waals surface area contributed by atoms with Crippen molar-refractivity contribution in [1.82, 2.24) is 24.6 Å². The van der Waals surface area contributed by atoms with E-state index in [1.54, 1.807) is 12.3 Å². The number of phenolic OH excluding ortho intramolecular Hbond substituents is 1. The second-order valence-corrected chi connectivity index (χ2v) is 16.4. The smallest absolute Gasteiger partial charge is 0.407 e. The Morgan fingerprint density at radius 2 is 1.35 bits per heavy atom. The average Bonchev–Trinajstić information content (AvgIpc) is 2.95. The summed E-state index contributed by atoms with van der Waals surface area (Å²) < 4.78 is 0. The standard InChI is InChI=1S/C36H57N5O7/c1-34(2,3)27-16-22-39(31(43)44)20-11-18-38(23-24-14-15-26(42)28-25(24)13-10-17-37-28)19-12-21-40(32(45)46)29(35(4,5)6)30(36(7,8)9)41(27)33(47)48/h10,13-15,17,27,29-30,42H,11-12,16,18-23H2,1-9H3,(H,43,44)(H,45,46)(H,47,48). The van der Waals surface area contributed by atoms with Gasteiger partial charge in [0.2, 0.25) is 0 Å². The number of hydrogen-bond donors (Lipinski definition) is 4. The summed E-state index contributed by atoms with van der Waals surface area (Å²) >= 11 is 0. The number of aromatic hydroxyl groups is 1. The van der Waals surface area contributed by atoms with Gasteiger partial charge in [-0.1, -0.05) is 74.4 Å². The molecule has 0 saturated carbocycles. The third kappa shape index (κ3) is 9.42. The third-order valence-corrected chi connectivity index (χ3v) is 9.46. The van der Waals surface area contributed by atoms with Crippen LogP contribution < -0.4 is 0 Å². The van der Waals surface area contributed by atoms with E-state index in [0.29, 0.717) is 38.0 Å². The van der Waals surface area contributed by atoms with Crippen LogP contribution in [0.3, 0.4) is 0 Å². The molecule has 1 fully saturated rings. The zero-order valence-corrected chi connectivity index (χ0v) is 30.2. The Balaban J connectivity index is 2.15. The minimum atomic E-state index is -1.15. The molecule has 3 atom stereocenters. The number of rotatable bonds is 2. The molecular weight excluding hydrogens is 614 g/mol. The first-order valence-corrected chi connectivity index (χ1v) is 16.9. The lowest BCUT2D eigenvalue weighted by Crippen LogP contribution is -2.67. The zero-order chi connectivity index (χ0) is 36.2. The second-order valence-electron chi connectivity index (χ2n) is 16.4. The Morgan fingerprint density at radius 1 is 0.750 bits per heavy atom. The van der Waals surface area contributed by atoms with Crippen molar-refractivity contribution in [2.75, 3.05) is 32.7 Å². The predicted molar refractivity (Wildman–Crippen MR) is 186 cm³/mol. The Kier molecular flexibility index (Phi) is 12.2. The summed E-state index contributed by atoms with van der Waals surface area (Å²) in [4.78, 5) is 49.8. The van der Waals surface area contributed by atoms with Crippen LogP contribution in [0.1, 0.15) is 87.1 Å². The quantitative estimate of drug-likeness (QED) is 0.261. The highest BCUT2D eigenvalue weighted by Gasteiger charge is 2.51. The van der Waals surface area contributed by atoms with Gasteiger partial charge < -0.3 is 30.2 Å². The van der Waals surface area contributed by atoms with E-state index in [1.807, 2.05) is 80.5 Å². The number of fused-ring (bicyclic) bond motifs is 1. The van der Waals surface area contributed by atoms with Crippen LogP contribution in [0.25, 0.3) is 10.9 Å². The molecule has 268 valence electrons. The second kappa shape index (κ2) is 15.2. The van der Waals surface area contributed by atoms with Crippen LogP contribution in [0, 0.1) is 16.2 Å². The largest absolute Gasteiger partial charge is 0.506 e. The van der Waals surface area contributed by atoms with Crippen molar-refractivity contribution in [1.29, 1.82) is 0 Å². The molecule has 3 rings (SSSR count). The van der Waals surface area contributed by atoms with Crippen LogP contribution in [0.4, 0.5) is 14.4 Å². The fourth-order valence-corrected chi connectivity index (χ4v) is 7.34. The SMILES string of the molecule is CC(C)(C)C1C(C(C)(C)C)N(C(=O)O)C(C(C)(C)C)CCN(C(=O)O)CCCN(Cc2ccc(O)c3ncccc23)CCCN1C(=O)O. The average molecular weight is 672 g/mol. The molecule has 2 aromatic rings. The van der Waals surface area contributed by atoms with Crippen LogP contribution in [0.5, 0.6) is 5.75 Å². The number of carbonyl (C=O) groups is 3. The minimum absolute atomic E-state index is 0.0891. The van der Waals surface area contributed by atoms with Crippen LogP contribution >= 0.6 is 0 Å². The van der Waals surface area contributed by atoms with Crippen LogP contribution in [-0.2, 0) is 6.54 Å². The molecular formula is C36H57N5O7. The zero-order valence-electron chi connectivity index (χ0n) is 30.2. The van der Waals surface area contributed by atoms with Gasteiger partial charge in [0, 0.05) is 56.9 Å². The maximum absolute atomic E-state index is 13.4. The number of pyridine rings is 1. The molecule has 1 aliphatic rings. The molecule has 2 heterocycles. The minimum Gasteiger partial charge on any atom is -0.506 e. The lowest BCUT2D eigenvalue weighted by molar-refractivity contribution is -0.0531. The van der Waals surface area contributed by atoms with Gasteiger partial charge in [-0.15, -0.1) is 0 Å². The van der Waals surface area contributed by atoms with Gasteiger partial charge in [0.25, 0.3) is 0 Å². The molecule has 0 radical (unpaired) electrons. The van der Waals surface area contributed by atoms with Crippen molar-refractivity contribution >= 4 is 29.2 Å². The Labute approximate surface area is 285 Å². The predicted octanol–water partition coefficient (Wildman–Crippen LogP) is 7.11. The van der Waals surface area contributed by atoms with Gasteiger partial charge in [-0.3, -0.25) is 14.8 Å². The van der Waals surface area contributed by atoms with Crippen LogP contribution in [0.15, 0.2) is 30.5 Å². The first kappa shape index (κ1) is 38.6. The molecule has 0 spiro atoms. The first-order chi connectivity index (χ1) is 22.1. The van der Waals surface area contributed by atoms with Crippen molar-refractivity contribution in [2.24, 2.45) is 16.2 Å². The van der Waals surface area contributed by atoms with E-state index in [0.717, 1.165) is 10.9 Å². The molecule has 12 heteroatoms. The van der Waals surface area contributed by atoms with Gasteiger partial charge >= 0.3 is 18.3 Å². The Hall–Kier alpha value is -3.80. The summed E-state index contributed by atoms with van der Waals surface area (Å²) in [6.45, 7) is 19.7. The van der Waals surface area contributed by atoms with Crippen molar-refractivity contribution in [3.05, 3.63) is 36.0 Å². The summed E-state index contributed by atoms with van der Waals surface area (Å²) in [6.07, 6.45) is -0.428. The number of benzene rings is 1. The van der Waals surface area contributed by atoms with E-state index in [2.05, 4.69) is 9.88 Å². The fourth-order valence-electron chi connectivity index (χ4n) is 7.34. The first-order valence-electron chi connectivity index (χ1n) is 16.9. The summed E-state index contributed by atoms with van der Waals surface area (Å²) in [5.41, 5.74) is -0.446. The van der Waals surface area contributed by atoms with E-state index in [-0.39, 0.29) is 31.8 Å². The number of amides is 3. The van der Waals surface area contributed by atoms with Crippen LogP contribution in [0.2, 0.25) is 0 Å². The number of nitrogens with zero attached hydrogens (tertiary/aromatic N) is 5. The summed E-state index contributed by atoms with van der Waals surface area (Å²) in [7, 11) is 0. The van der Waals surface area contributed by atoms with Crippen LogP contribution in [-0.4, -0.2) is 114 Å². The lowest BCUT2D eigenvalue weighted by atomic mass is 9.69. The number of phenols is 1. The Bertz CT molecular complexity index is 1430. The molecule has 0 bridgehead atoms. The summed E-state index contributed by atoms with van der Waals surface area (Å²) in [5, 5.41) is 43.1. The highest BCUT2D eigenvalue weighted by Crippen LogP contribution is 2.42. The van der Waals surface area contributed by atoms with Crippen molar-refractivity contribution in [3.8, 4) is 5.75 Å². The van der Waals surface area contributed by atoms with Gasteiger partial charge in [-0.05, 0) is 53.2 Å². The van der Waals surface area contributed by atoms with Gasteiger partial charge in [-0.2, -0.15) is 0 Å². The highest BCUT2D eigenvalue weighted by atomic mass is 16.4. The molecule has 12 nitrogen and oxygen atoms in total. The molecule has 0 aliphatic carbocycles. The van der Waals surface area contributed by atoms with Crippen molar-refractivity contribution in [3.63, 3.8) is 0 Å². The number of hydrogen-bond acceptors (Lipinski definition) is 6. The maximum atomic E-state index is 13.4. The molecule has 3 amide bonds. The van der Waals surface area contributed by atoms with Crippen molar-refractivity contribution < 1.29 is 34.8 Å². The van der Waals surface area contributed by atoms with E-state index in [1.165, 1.54) is 14.7 Å². The normalized spacial score (nSPS) is 21.9. The molecule has 3 unspecified atom stereocenters. The Morgan fingerprint density at radius 3 is 1.88 bits per heavy atom. The van der Waals surface area contributed by atoms with E-state index >= 15 is 0 Å². The molecule has 4 N–H and O–H groups in total. The monoisotopic (exact) mass is 671 g/mol. The van der Waals surface area contributed by atoms with E-state index in [9.17, 15) is 34.8 Å². The molecule has 48 heavy (non-hydrogen) atoms. The van der Waals surface area contributed by atoms with Gasteiger partial charge in [0.15, 0.2) is 0 Å². The third-order valence-electron chi connectivity index (χ3n) is 9.46. The molecule has 1 aromatic carbocycles. The van der Waals surface area contributed by atoms with E-state index in [4.69, 9.17) is 0 Å². The summed E-state index contributed by atoms with van der Waals surface area (Å²) in [5.74, 6) is 0.0891. The maximum Gasteiger partial charge on any atom is 0.407 e. The molecule has 1 aromatic heterocycles. The summed E-state index contributed by atoms with van der Waals surface area (Å²) in [6, 6.07) is 5.15. The number of aromatic nitrogens is 1. The van der Waals surface area contributed by atoms with Gasteiger partial charge in [0.05, 0.1) is 12.1 Å².